The van der Waals surface area contributed by atoms with Gasteiger partial charge < -0.3 is 9.84 Å². The third-order valence-corrected chi connectivity index (χ3v) is 4.46. The maximum Gasteiger partial charge on any atom is 0.137 e. The summed E-state index contributed by atoms with van der Waals surface area (Å²) in [6.07, 6.45) is 5.99. The van der Waals surface area contributed by atoms with Gasteiger partial charge in [-0.05, 0) is 58.4 Å². The number of hydrogen-bond acceptors (Lipinski definition) is 3. The van der Waals surface area contributed by atoms with Gasteiger partial charge in [0.15, 0.2) is 0 Å². The van der Waals surface area contributed by atoms with Crippen LogP contribution < -0.4 is 5.32 Å². The Morgan fingerprint density at radius 1 is 1.37 bits per heavy atom. The van der Waals surface area contributed by atoms with Gasteiger partial charge in [-0.25, -0.2) is 0 Å². The van der Waals surface area contributed by atoms with Gasteiger partial charge in [0.25, 0.3) is 0 Å². The fourth-order valence-electron chi connectivity index (χ4n) is 3.07. The minimum atomic E-state index is 0.707. The molecule has 1 aromatic heterocycles. The first kappa shape index (κ1) is 14.3. The second-order valence-electron chi connectivity index (χ2n) is 5.87. The number of rotatable bonds is 5. The lowest BCUT2D eigenvalue weighted by atomic mass is 9.80. The molecule has 106 valence electrons. The van der Waals surface area contributed by atoms with Crippen molar-refractivity contribution in [2.24, 2.45) is 11.8 Å². The third-order valence-electron chi connectivity index (χ3n) is 4.46. The molecule has 0 radical (unpaired) electrons. The Kier molecular flexibility index (Phi) is 4.81. The van der Waals surface area contributed by atoms with E-state index in [2.05, 4.69) is 30.4 Å². The Hall–Kier alpha value is -1.09. The van der Waals surface area contributed by atoms with Crippen molar-refractivity contribution in [3.8, 4) is 0 Å². The van der Waals surface area contributed by atoms with Crippen LogP contribution in [0.15, 0.2) is 16.2 Å². The summed E-state index contributed by atoms with van der Waals surface area (Å²) in [5.74, 6) is 2.47. The molecule has 0 amide bonds. The second-order valence-corrected chi connectivity index (χ2v) is 5.87. The van der Waals surface area contributed by atoms with E-state index >= 15 is 0 Å². The quantitative estimate of drug-likeness (QED) is 0.652. The number of hydrogen-bond donors (Lipinski definition) is 1. The highest BCUT2D eigenvalue weighted by molar-refractivity contribution is 5.21. The molecule has 0 unspecified atom stereocenters. The molecule has 1 aliphatic carbocycles. The van der Waals surface area contributed by atoms with Crippen molar-refractivity contribution in [3.63, 3.8) is 0 Å². The van der Waals surface area contributed by atoms with E-state index in [9.17, 15) is 0 Å². The van der Waals surface area contributed by atoms with Crippen LogP contribution in [0.3, 0.4) is 0 Å². The molecule has 0 saturated heterocycles. The minimum absolute atomic E-state index is 0.707. The van der Waals surface area contributed by atoms with Crippen molar-refractivity contribution in [1.82, 2.24) is 10.5 Å². The number of allylic oxidation sites excluding steroid dienone is 1. The number of aryl methyl sites for hydroxylation is 2. The molecular weight excluding hydrogens is 236 g/mol. The molecule has 0 aliphatic heterocycles. The van der Waals surface area contributed by atoms with Gasteiger partial charge >= 0.3 is 0 Å². The van der Waals surface area contributed by atoms with Crippen LogP contribution in [0.5, 0.6) is 0 Å². The van der Waals surface area contributed by atoms with Gasteiger partial charge in [0, 0.05) is 12.1 Å². The Bertz CT molecular complexity index is 428. The Labute approximate surface area is 116 Å². The second kappa shape index (κ2) is 6.38. The summed E-state index contributed by atoms with van der Waals surface area (Å²) in [7, 11) is 0. The third kappa shape index (κ3) is 3.47. The molecule has 2 rings (SSSR count). The molecule has 0 aromatic carbocycles. The van der Waals surface area contributed by atoms with Crippen molar-refractivity contribution < 1.29 is 4.52 Å². The smallest absolute Gasteiger partial charge is 0.137 e. The summed E-state index contributed by atoms with van der Waals surface area (Å²) in [6.45, 7) is 10.7. The molecule has 2 atom stereocenters. The van der Waals surface area contributed by atoms with Crippen LogP contribution in [0.25, 0.3) is 0 Å². The molecule has 19 heavy (non-hydrogen) atoms. The highest BCUT2D eigenvalue weighted by Gasteiger charge is 2.21. The molecule has 1 heterocycles. The van der Waals surface area contributed by atoms with Gasteiger partial charge in [-0.2, -0.15) is 0 Å². The zero-order valence-electron chi connectivity index (χ0n) is 12.6. The average Bonchev–Trinajstić information content (AvgIpc) is 2.68. The normalized spacial score (nSPS) is 23.5. The molecule has 0 fully saturated rings. The van der Waals surface area contributed by atoms with Crippen molar-refractivity contribution in [3.05, 3.63) is 28.7 Å². The fourth-order valence-corrected chi connectivity index (χ4v) is 3.07. The van der Waals surface area contributed by atoms with Gasteiger partial charge in [0.1, 0.15) is 5.76 Å². The highest BCUT2D eigenvalue weighted by atomic mass is 16.5. The van der Waals surface area contributed by atoms with Crippen molar-refractivity contribution >= 4 is 0 Å². The zero-order valence-corrected chi connectivity index (χ0v) is 12.6. The van der Waals surface area contributed by atoms with E-state index in [1.807, 2.05) is 13.8 Å². The molecule has 0 bridgehead atoms. The maximum absolute atomic E-state index is 5.19. The van der Waals surface area contributed by atoms with Crippen LogP contribution in [0.1, 0.15) is 43.7 Å². The first-order valence-corrected chi connectivity index (χ1v) is 7.38. The van der Waals surface area contributed by atoms with Gasteiger partial charge in [-0.1, -0.05) is 23.7 Å². The maximum atomic E-state index is 5.19. The van der Waals surface area contributed by atoms with E-state index in [0.717, 1.165) is 36.9 Å². The summed E-state index contributed by atoms with van der Waals surface area (Å²) in [6, 6.07) is 0. The van der Waals surface area contributed by atoms with E-state index in [-0.39, 0.29) is 0 Å². The van der Waals surface area contributed by atoms with Crippen LogP contribution in [0, 0.1) is 25.7 Å². The number of nitrogens with one attached hydrogen (secondary N) is 1. The predicted octanol–water partition coefficient (Wildman–Crippen LogP) is 3.42. The summed E-state index contributed by atoms with van der Waals surface area (Å²) in [4.78, 5) is 0. The number of aromatic nitrogens is 1. The summed E-state index contributed by atoms with van der Waals surface area (Å²) >= 11 is 0. The van der Waals surface area contributed by atoms with Gasteiger partial charge in [-0.3, -0.25) is 0 Å². The molecular formula is C16H26N2O. The molecule has 1 aromatic rings. The average molecular weight is 262 g/mol. The Morgan fingerprint density at radius 3 is 2.79 bits per heavy atom. The number of nitrogens with zero attached hydrogens (tertiary/aromatic N) is 1. The summed E-state index contributed by atoms with van der Waals surface area (Å²) in [5.41, 5.74) is 3.85. The van der Waals surface area contributed by atoms with E-state index < -0.39 is 0 Å². The van der Waals surface area contributed by atoms with Gasteiger partial charge in [0.05, 0.1) is 5.69 Å². The van der Waals surface area contributed by atoms with Crippen LogP contribution in [0.4, 0.5) is 0 Å². The minimum Gasteiger partial charge on any atom is -0.361 e. The SMILES string of the molecule is CC1=CCC[C@H](C)[C@@H]1CNCCc1c(C)noc1C. The lowest BCUT2D eigenvalue weighted by molar-refractivity contribution is 0.351. The van der Waals surface area contributed by atoms with Gasteiger partial charge in [0.2, 0.25) is 0 Å². The van der Waals surface area contributed by atoms with Crippen molar-refractivity contribution in [2.75, 3.05) is 13.1 Å². The monoisotopic (exact) mass is 262 g/mol. The molecule has 3 heteroatoms. The molecule has 0 saturated carbocycles. The van der Waals surface area contributed by atoms with Gasteiger partial charge in [-0.15, -0.1) is 0 Å². The largest absolute Gasteiger partial charge is 0.361 e. The van der Waals surface area contributed by atoms with Crippen LogP contribution in [-0.4, -0.2) is 18.2 Å². The fraction of sp³-hybridized carbons (Fsp3) is 0.688. The van der Waals surface area contributed by atoms with Crippen LogP contribution in [0.2, 0.25) is 0 Å². The van der Waals surface area contributed by atoms with Crippen molar-refractivity contribution in [1.29, 1.82) is 0 Å². The predicted molar refractivity (Wildman–Crippen MR) is 78.2 cm³/mol. The van der Waals surface area contributed by atoms with Crippen molar-refractivity contribution in [2.45, 2.75) is 47.0 Å². The Balaban J connectivity index is 1.78. The van der Waals surface area contributed by atoms with E-state index in [4.69, 9.17) is 4.52 Å². The topological polar surface area (TPSA) is 38.1 Å². The molecule has 1 N–H and O–H groups in total. The zero-order chi connectivity index (χ0) is 13.8. The Morgan fingerprint density at radius 2 is 2.16 bits per heavy atom. The first-order chi connectivity index (χ1) is 9.09. The summed E-state index contributed by atoms with van der Waals surface area (Å²) in [5, 5.41) is 7.60. The summed E-state index contributed by atoms with van der Waals surface area (Å²) < 4.78 is 5.19. The van der Waals surface area contributed by atoms with E-state index in [0.29, 0.717) is 5.92 Å². The standard InChI is InChI=1S/C16H26N2O/c1-11-6-5-7-12(2)16(11)10-17-9-8-15-13(3)18-19-14(15)4/h6,12,16-17H,5,7-10H2,1-4H3/t12-,16+/m0/s1. The molecule has 3 nitrogen and oxygen atoms in total. The van der Waals surface area contributed by atoms with Crippen LogP contribution >= 0.6 is 0 Å². The lowest BCUT2D eigenvalue weighted by Gasteiger charge is -2.29. The molecule has 1 aliphatic rings. The first-order valence-electron chi connectivity index (χ1n) is 7.38. The highest BCUT2D eigenvalue weighted by Crippen LogP contribution is 2.29. The van der Waals surface area contributed by atoms with Crippen LogP contribution in [-0.2, 0) is 6.42 Å². The lowest BCUT2D eigenvalue weighted by Crippen LogP contribution is -2.31. The van der Waals surface area contributed by atoms with E-state index in [1.165, 1.54) is 18.4 Å². The molecule has 0 spiro atoms. The van der Waals surface area contributed by atoms with E-state index in [1.54, 1.807) is 5.57 Å².